The summed E-state index contributed by atoms with van der Waals surface area (Å²) in [5, 5.41) is 30.7. The van der Waals surface area contributed by atoms with E-state index in [9.17, 15) is 42.6 Å². The van der Waals surface area contributed by atoms with Crippen LogP contribution < -0.4 is 11.0 Å². The quantitative estimate of drug-likeness (QED) is 0.247. The summed E-state index contributed by atoms with van der Waals surface area (Å²) in [5.74, 6) is -3.49. The van der Waals surface area contributed by atoms with E-state index in [1.807, 2.05) is 0 Å². The Balaban J connectivity index is 1.60. The lowest BCUT2D eigenvalue weighted by molar-refractivity contribution is -0.207. The molecule has 44 heavy (non-hydrogen) atoms. The standard InChI is InChI=1S/C25H21ClF3N9O6/c26-14-3-1-13(2-4-14)20-34-37(24(44)36(20)10-17(39)25(27,28)29)11-18-32-21(22(41)35-8-7-31-19(40)12-35)38(33-18)16-9-30-6-5-15(16)23(42)43/h1-6,9,17,39H,7-8,10-12H2,(H,31,40)(H,42,43). The second kappa shape index (κ2) is 11.9. The van der Waals surface area contributed by atoms with Crippen molar-refractivity contribution in [2.75, 3.05) is 19.6 Å². The molecule has 0 radical (unpaired) electrons. The summed E-state index contributed by atoms with van der Waals surface area (Å²) in [6, 6.07) is 6.86. The summed E-state index contributed by atoms with van der Waals surface area (Å²) >= 11 is 5.92. The Bertz CT molecular complexity index is 1800. The highest BCUT2D eigenvalue weighted by Gasteiger charge is 2.39. The van der Waals surface area contributed by atoms with Gasteiger partial charge in [0.15, 0.2) is 17.8 Å². The van der Waals surface area contributed by atoms with Crippen molar-refractivity contribution in [1.29, 1.82) is 0 Å². The molecular weight excluding hydrogens is 615 g/mol. The molecule has 1 unspecified atom stereocenters. The molecule has 0 aliphatic carbocycles. The SMILES string of the molecule is O=C1CN(C(=O)c2nc(Cn3nc(-c4ccc(Cl)cc4)n(CC(O)C(F)(F)F)c3=O)nn2-c2cnccc2C(=O)O)CCN1. The molecule has 0 bridgehead atoms. The van der Waals surface area contributed by atoms with Gasteiger partial charge in [0.05, 0.1) is 18.3 Å². The van der Waals surface area contributed by atoms with Gasteiger partial charge in [-0.1, -0.05) is 11.6 Å². The molecule has 0 spiro atoms. The Morgan fingerprint density at radius 2 is 1.84 bits per heavy atom. The zero-order valence-electron chi connectivity index (χ0n) is 22.3. The zero-order chi connectivity index (χ0) is 31.8. The van der Waals surface area contributed by atoms with E-state index in [-0.39, 0.29) is 48.1 Å². The third-order valence-electron chi connectivity index (χ3n) is 6.48. The van der Waals surface area contributed by atoms with Gasteiger partial charge in [-0.2, -0.15) is 13.2 Å². The second-order valence-corrected chi connectivity index (χ2v) is 9.91. The Labute approximate surface area is 249 Å². The molecule has 1 fully saturated rings. The maximum absolute atomic E-state index is 13.5. The van der Waals surface area contributed by atoms with Crippen molar-refractivity contribution in [3.8, 4) is 17.1 Å². The lowest BCUT2D eigenvalue weighted by Crippen LogP contribution is -2.50. The van der Waals surface area contributed by atoms with Gasteiger partial charge in [0.25, 0.3) is 5.91 Å². The minimum atomic E-state index is -5.04. The van der Waals surface area contributed by atoms with Gasteiger partial charge >= 0.3 is 17.8 Å². The van der Waals surface area contributed by atoms with Gasteiger partial charge in [-0.15, -0.1) is 10.2 Å². The van der Waals surface area contributed by atoms with E-state index >= 15 is 0 Å². The first-order valence-electron chi connectivity index (χ1n) is 12.7. The fraction of sp³-hybridized carbons (Fsp3) is 0.280. The van der Waals surface area contributed by atoms with Crippen molar-refractivity contribution in [1.82, 2.24) is 44.3 Å². The van der Waals surface area contributed by atoms with Gasteiger partial charge < -0.3 is 20.4 Å². The maximum Gasteiger partial charge on any atom is 0.416 e. The van der Waals surface area contributed by atoms with E-state index < -0.39 is 54.7 Å². The average Bonchev–Trinajstić information content (AvgIpc) is 3.53. The highest BCUT2D eigenvalue weighted by atomic mass is 35.5. The van der Waals surface area contributed by atoms with Crippen molar-refractivity contribution in [2.24, 2.45) is 0 Å². The second-order valence-electron chi connectivity index (χ2n) is 9.48. The molecule has 4 aromatic rings. The highest BCUT2D eigenvalue weighted by molar-refractivity contribution is 6.30. The number of hydrogen-bond donors (Lipinski definition) is 3. The van der Waals surface area contributed by atoms with E-state index in [1.165, 1.54) is 30.5 Å². The van der Waals surface area contributed by atoms with Crippen molar-refractivity contribution < 1.29 is 37.8 Å². The van der Waals surface area contributed by atoms with Crippen LogP contribution >= 0.6 is 11.6 Å². The van der Waals surface area contributed by atoms with Crippen LogP contribution in [-0.4, -0.2) is 98.9 Å². The lowest BCUT2D eigenvalue weighted by Gasteiger charge is -2.26. The Kier molecular flexibility index (Phi) is 8.20. The number of aromatic carboxylic acids is 1. The third-order valence-corrected chi connectivity index (χ3v) is 6.73. The van der Waals surface area contributed by atoms with Gasteiger partial charge in [-0.25, -0.2) is 23.9 Å². The smallest absolute Gasteiger partial charge is 0.416 e. The minimum absolute atomic E-state index is 0.113. The molecule has 3 N–H and O–H groups in total. The van der Waals surface area contributed by atoms with Crippen molar-refractivity contribution >= 4 is 29.4 Å². The molecule has 5 rings (SSSR count). The largest absolute Gasteiger partial charge is 0.478 e. The van der Waals surface area contributed by atoms with Crippen LogP contribution in [0.1, 0.15) is 26.8 Å². The lowest BCUT2D eigenvalue weighted by atomic mass is 10.2. The fourth-order valence-corrected chi connectivity index (χ4v) is 4.47. The molecule has 230 valence electrons. The molecule has 4 heterocycles. The molecule has 1 atom stereocenters. The Morgan fingerprint density at radius 1 is 1.11 bits per heavy atom. The van der Waals surface area contributed by atoms with E-state index in [2.05, 4.69) is 25.5 Å². The van der Waals surface area contributed by atoms with Gasteiger partial charge in [-0.05, 0) is 30.3 Å². The molecule has 2 amide bonds. The fourth-order valence-electron chi connectivity index (χ4n) is 4.35. The number of pyridine rings is 1. The summed E-state index contributed by atoms with van der Waals surface area (Å²) < 4.78 is 41.9. The van der Waals surface area contributed by atoms with Crippen molar-refractivity contribution in [3.63, 3.8) is 0 Å². The number of nitrogens with zero attached hydrogens (tertiary/aromatic N) is 8. The molecule has 0 saturated carbocycles. The average molecular weight is 636 g/mol. The molecule has 1 aliphatic heterocycles. The normalized spacial score (nSPS) is 14.4. The van der Waals surface area contributed by atoms with Gasteiger partial charge in [0.1, 0.15) is 18.8 Å². The first kappa shape index (κ1) is 30.4. The molecule has 15 nitrogen and oxygen atoms in total. The number of halogens is 4. The van der Waals surface area contributed by atoms with Crippen LogP contribution in [0.25, 0.3) is 17.1 Å². The van der Waals surface area contributed by atoms with Crippen molar-refractivity contribution in [2.45, 2.75) is 25.4 Å². The van der Waals surface area contributed by atoms with Crippen LogP contribution in [0.2, 0.25) is 5.02 Å². The van der Waals surface area contributed by atoms with Crippen LogP contribution in [0.3, 0.4) is 0 Å². The molecule has 19 heteroatoms. The summed E-state index contributed by atoms with van der Waals surface area (Å²) in [5.41, 5.74) is -1.31. The number of hydrogen-bond acceptors (Lipinski definition) is 9. The number of amides is 2. The van der Waals surface area contributed by atoms with Crippen LogP contribution in [0.5, 0.6) is 0 Å². The number of piperazine rings is 1. The topological polar surface area (TPSA) is 190 Å². The summed E-state index contributed by atoms with van der Waals surface area (Å²) in [7, 11) is 0. The number of aliphatic hydroxyl groups excluding tert-OH is 1. The highest BCUT2D eigenvalue weighted by Crippen LogP contribution is 2.24. The van der Waals surface area contributed by atoms with Crippen molar-refractivity contribution in [3.05, 3.63) is 75.4 Å². The van der Waals surface area contributed by atoms with Crippen LogP contribution in [0.15, 0.2) is 47.5 Å². The molecule has 1 aromatic carbocycles. The van der Waals surface area contributed by atoms with Gasteiger partial charge in [0, 0.05) is 29.9 Å². The van der Waals surface area contributed by atoms with Crippen LogP contribution in [0.4, 0.5) is 13.2 Å². The van der Waals surface area contributed by atoms with E-state index in [0.29, 0.717) is 9.59 Å². The van der Waals surface area contributed by atoms with E-state index in [1.54, 1.807) is 0 Å². The molecule has 3 aromatic heterocycles. The van der Waals surface area contributed by atoms with E-state index in [0.717, 1.165) is 26.5 Å². The number of alkyl halides is 3. The Hall–Kier alpha value is -5.10. The van der Waals surface area contributed by atoms with Crippen LogP contribution in [-0.2, 0) is 17.9 Å². The zero-order valence-corrected chi connectivity index (χ0v) is 23.0. The number of rotatable bonds is 8. The molecular formula is C25H21ClF3N9O6. The van der Waals surface area contributed by atoms with Crippen LogP contribution in [0, 0.1) is 0 Å². The molecule has 1 saturated heterocycles. The van der Waals surface area contributed by atoms with Gasteiger partial charge in [0.2, 0.25) is 11.7 Å². The first-order chi connectivity index (χ1) is 20.8. The number of aromatic nitrogens is 7. The number of aliphatic hydroxyl groups is 1. The predicted octanol–water partition coefficient (Wildman–Crippen LogP) is 0.583. The third kappa shape index (κ3) is 6.16. The Morgan fingerprint density at radius 3 is 2.50 bits per heavy atom. The summed E-state index contributed by atoms with van der Waals surface area (Å²) in [6.45, 7) is -1.80. The van der Waals surface area contributed by atoms with E-state index in [4.69, 9.17) is 11.6 Å². The minimum Gasteiger partial charge on any atom is -0.478 e. The summed E-state index contributed by atoms with van der Waals surface area (Å²) in [6.07, 6.45) is -5.60. The van der Waals surface area contributed by atoms with Gasteiger partial charge in [-0.3, -0.25) is 19.1 Å². The number of benzene rings is 1. The number of carbonyl (C=O) groups is 3. The number of nitrogens with one attached hydrogen (secondary N) is 1. The number of carboxylic acid groups (broad SMARTS) is 1. The maximum atomic E-state index is 13.5. The monoisotopic (exact) mass is 635 g/mol. The predicted molar refractivity (Wildman–Crippen MR) is 143 cm³/mol. The summed E-state index contributed by atoms with van der Waals surface area (Å²) in [4.78, 5) is 59.9. The number of carboxylic acids is 1. The molecule has 1 aliphatic rings. The first-order valence-corrected chi connectivity index (χ1v) is 13.1. The number of carbonyl (C=O) groups excluding carboxylic acids is 2.